The van der Waals surface area contributed by atoms with Crippen LogP contribution >= 0.6 is 0 Å². The smallest absolute Gasteiger partial charge is 0.196 e. The summed E-state index contributed by atoms with van der Waals surface area (Å²) in [5, 5.41) is 0. The molecule has 1 heterocycles. The van der Waals surface area contributed by atoms with Crippen LogP contribution in [0.5, 0.6) is 0 Å². The maximum atomic E-state index is 12.1. The monoisotopic (exact) mass is 261 g/mol. The van der Waals surface area contributed by atoms with E-state index < -0.39 is 0 Å². The van der Waals surface area contributed by atoms with Crippen LogP contribution < -0.4 is 0 Å². The molecule has 1 radical (unpaired) electrons. The fourth-order valence-corrected chi connectivity index (χ4v) is 1.63. The van der Waals surface area contributed by atoms with E-state index in [4.69, 9.17) is 0 Å². The van der Waals surface area contributed by atoms with E-state index in [0.29, 0.717) is 5.92 Å². The van der Waals surface area contributed by atoms with Crippen LogP contribution in [0.4, 0.5) is 0 Å². The molecule has 0 unspecified atom stereocenters. The van der Waals surface area contributed by atoms with Crippen molar-refractivity contribution in [1.29, 1.82) is 0 Å². The average Bonchev–Trinajstić information content (AvgIpc) is 2.62. The quantitative estimate of drug-likeness (QED) is 0.552. The second kappa shape index (κ2) is 5.93. The molecule has 2 atom stereocenters. The molecular weight excluding hydrogens is 237 g/mol. The van der Waals surface area contributed by atoms with E-state index in [-0.39, 0.29) is 37.2 Å². The van der Waals surface area contributed by atoms with Gasteiger partial charge in [-0.2, -0.15) is 6.42 Å². The van der Waals surface area contributed by atoms with Crippen LogP contribution in [0.15, 0.2) is 12.7 Å². The Hall–Kier alpha value is -0.206. The summed E-state index contributed by atoms with van der Waals surface area (Å²) in [4.78, 5) is 14.0. The van der Waals surface area contributed by atoms with Crippen molar-refractivity contribution in [2.75, 3.05) is 6.54 Å². The zero-order chi connectivity index (χ0) is 11.6. The number of hydrogen-bond acceptors (Lipinski definition) is 1. The van der Waals surface area contributed by atoms with Gasteiger partial charge in [-0.1, -0.05) is 33.8 Å². The van der Waals surface area contributed by atoms with Gasteiger partial charge in [0.15, 0.2) is 5.91 Å². The van der Waals surface area contributed by atoms with E-state index in [1.807, 2.05) is 24.4 Å². The number of likely N-dealkylation sites (tertiary alicyclic amines) is 1. The third kappa shape index (κ3) is 3.67. The first-order valence-corrected chi connectivity index (χ1v) is 5.62. The number of hydrogen-bond donors (Lipinski definition) is 0. The Labute approximate surface area is 113 Å². The number of carbonyl (C=O) groups excluding carboxylic acids is 1. The van der Waals surface area contributed by atoms with Gasteiger partial charge in [0.1, 0.15) is 0 Å². The van der Waals surface area contributed by atoms with Crippen molar-refractivity contribution in [3.63, 3.8) is 0 Å². The fourth-order valence-electron chi connectivity index (χ4n) is 1.63. The van der Waals surface area contributed by atoms with Crippen molar-refractivity contribution in [2.45, 2.75) is 34.1 Å². The topological polar surface area (TPSA) is 20.3 Å². The summed E-state index contributed by atoms with van der Waals surface area (Å²) in [7, 11) is 0. The maximum absolute atomic E-state index is 12.1. The van der Waals surface area contributed by atoms with E-state index in [1.54, 1.807) is 0 Å². The molecule has 0 saturated carbocycles. The van der Waals surface area contributed by atoms with Gasteiger partial charge in [0.05, 0.1) is 0 Å². The van der Waals surface area contributed by atoms with E-state index in [9.17, 15) is 4.79 Å². The zero-order valence-corrected chi connectivity index (χ0v) is 12.1. The molecule has 1 fully saturated rings. The van der Waals surface area contributed by atoms with E-state index >= 15 is 0 Å². The minimum absolute atomic E-state index is 0. The molecule has 1 rings (SSSR count). The van der Waals surface area contributed by atoms with Crippen molar-refractivity contribution in [1.82, 2.24) is 4.90 Å². The molecular formula is C13H24NOV-. The minimum Gasteiger partial charge on any atom is -0.492 e. The van der Waals surface area contributed by atoms with Gasteiger partial charge in [-0.25, -0.2) is 6.54 Å². The van der Waals surface area contributed by atoms with Gasteiger partial charge in [0.25, 0.3) is 0 Å². The Morgan fingerprint density at radius 1 is 1.62 bits per heavy atom. The van der Waals surface area contributed by atoms with Crippen molar-refractivity contribution in [2.24, 2.45) is 17.3 Å². The Morgan fingerprint density at radius 3 is 2.56 bits per heavy atom. The molecule has 93 valence electrons. The molecule has 1 aliphatic rings. The molecule has 1 amide bonds. The SMILES string of the molecule is C=C[C@@H]1C[CH-]N(C(=O)[C@@H](C)C(C)(C)C)C1.[HH].[V]. The molecule has 0 aromatic rings. The van der Waals surface area contributed by atoms with Gasteiger partial charge < -0.3 is 4.90 Å². The Bertz CT molecular complexity index is 263. The molecule has 3 heteroatoms. The summed E-state index contributed by atoms with van der Waals surface area (Å²) in [6.07, 6.45) is 2.89. The molecule has 1 saturated heterocycles. The fraction of sp³-hybridized carbons (Fsp3) is 0.692. The van der Waals surface area contributed by atoms with Gasteiger partial charge >= 0.3 is 0 Å². The molecule has 0 aromatic heterocycles. The van der Waals surface area contributed by atoms with Crippen LogP contribution in [0.1, 0.15) is 35.5 Å². The zero-order valence-electron chi connectivity index (χ0n) is 10.7. The second-order valence-corrected chi connectivity index (χ2v) is 5.49. The summed E-state index contributed by atoms with van der Waals surface area (Å²) < 4.78 is 0. The largest absolute Gasteiger partial charge is 0.492 e. The van der Waals surface area contributed by atoms with Crippen molar-refractivity contribution in [3.8, 4) is 0 Å². The molecule has 2 nitrogen and oxygen atoms in total. The summed E-state index contributed by atoms with van der Waals surface area (Å²) in [5.74, 6) is 0.755. The molecule has 16 heavy (non-hydrogen) atoms. The van der Waals surface area contributed by atoms with Crippen LogP contribution in [0.3, 0.4) is 0 Å². The van der Waals surface area contributed by atoms with E-state index in [1.165, 1.54) is 0 Å². The van der Waals surface area contributed by atoms with Crippen LogP contribution in [0, 0.1) is 23.8 Å². The van der Waals surface area contributed by atoms with Crippen molar-refractivity contribution >= 4 is 5.91 Å². The molecule has 0 bridgehead atoms. The van der Waals surface area contributed by atoms with Crippen LogP contribution in [-0.4, -0.2) is 17.4 Å². The standard InChI is InChI=1S/C13H22NO.V.H2/c1-6-11-7-8-14(9-11)12(15)10(2)13(3,4)5;;/h6,8,10-11H,1,7,9H2,2-5H3;;1H/q-1;;/t10-,11-;;/m1../s1. The second-order valence-electron chi connectivity index (χ2n) is 5.49. The van der Waals surface area contributed by atoms with Gasteiger partial charge in [-0.3, -0.25) is 4.79 Å². The Balaban J connectivity index is 0. The number of amides is 1. The van der Waals surface area contributed by atoms with Crippen molar-refractivity contribution < 1.29 is 24.8 Å². The minimum atomic E-state index is 0. The van der Waals surface area contributed by atoms with Gasteiger partial charge in [-0.05, 0) is 17.9 Å². The van der Waals surface area contributed by atoms with Gasteiger partial charge in [0, 0.05) is 25.9 Å². The first kappa shape index (κ1) is 15.8. The first-order valence-electron chi connectivity index (χ1n) is 5.62. The van der Waals surface area contributed by atoms with Crippen LogP contribution in [0.2, 0.25) is 0 Å². The summed E-state index contributed by atoms with van der Waals surface area (Å²) in [6.45, 7) is 14.9. The molecule has 0 aliphatic carbocycles. The van der Waals surface area contributed by atoms with Crippen LogP contribution in [-0.2, 0) is 23.4 Å². The Kier molecular flexibility index (Phi) is 5.85. The van der Waals surface area contributed by atoms with Crippen LogP contribution in [0.25, 0.3) is 0 Å². The Morgan fingerprint density at radius 2 is 2.19 bits per heavy atom. The average molecular weight is 261 g/mol. The summed E-state index contributed by atoms with van der Waals surface area (Å²) >= 11 is 0. The number of rotatable bonds is 2. The van der Waals surface area contributed by atoms with Gasteiger partial charge in [-0.15, -0.1) is 6.58 Å². The molecule has 0 spiro atoms. The summed E-state index contributed by atoms with van der Waals surface area (Å²) in [6, 6.07) is 0. The number of nitrogens with zero attached hydrogens (tertiary/aromatic N) is 1. The third-order valence-corrected chi connectivity index (χ3v) is 3.35. The summed E-state index contributed by atoms with van der Waals surface area (Å²) in [5.41, 5.74) is 0.0389. The predicted octanol–water partition coefficient (Wildman–Crippen LogP) is 3.11. The predicted molar refractivity (Wildman–Crippen MR) is 65.1 cm³/mol. The third-order valence-electron chi connectivity index (χ3n) is 3.35. The molecule has 0 aromatic carbocycles. The van der Waals surface area contributed by atoms with Crippen molar-refractivity contribution in [3.05, 3.63) is 19.2 Å². The first-order chi connectivity index (χ1) is 6.86. The van der Waals surface area contributed by atoms with E-state index in [2.05, 4.69) is 27.4 Å². The van der Waals surface area contributed by atoms with Gasteiger partial charge in [0.2, 0.25) is 0 Å². The number of carbonyl (C=O) groups is 1. The normalized spacial score (nSPS) is 22.5. The molecule has 0 N–H and O–H groups in total. The maximum Gasteiger partial charge on any atom is 0.196 e. The van der Waals surface area contributed by atoms with E-state index in [0.717, 1.165) is 13.0 Å². The molecule has 1 aliphatic heterocycles.